The van der Waals surface area contributed by atoms with E-state index in [1.807, 2.05) is 60.7 Å². The van der Waals surface area contributed by atoms with Crippen LogP contribution in [0, 0.1) is 0 Å². The molecule has 25 heavy (non-hydrogen) atoms. The number of carbonyl (C=O) groups is 1. The standard InChI is InChI=1S/C19H19N3O3/c23-13-16(14-7-3-1-4-8-14)22-19(24)21-12-18-20-11-17(25-18)15-9-5-2-6-10-15/h1-11,16,23H,12-13H2,(H2,21,22,24)/t16-/m1/s1. The lowest BCUT2D eigenvalue weighted by molar-refractivity contribution is 0.216. The highest BCUT2D eigenvalue weighted by Gasteiger charge is 2.14. The van der Waals surface area contributed by atoms with Gasteiger partial charge in [0.2, 0.25) is 5.89 Å². The number of amides is 2. The highest BCUT2D eigenvalue weighted by atomic mass is 16.4. The third-order valence-corrected chi connectivity index (χ3v) is 3.70. The summed E-state index contributed by atoms with van der Waals surface area (Å²) in [5, 5.41) is 14.9. The van der Waals surface area contributed by atoms with Gasteiger partial charge in [-0.25, -0.2) is 9.78 Å². The minimum Gasteiger partial charge on any atom is -0.439 e. The number of hydrogen-bond donors (Lipinski definition) is 3. The van der Waals surface area contributed by atoms with Crippen LogP contribution in [-0.4, -0.2) is 22.7 Å². The van der Waals surface area contributed by atoms with E-state index in [9.17, 15) is 9.90 Å². The minimum absolute atomic E-state index is 0.158. The summed E-state index contributed by atoms with van der Waals surface area (Å²) >= 11 is 0. The number of nitrogens with zero attached hydrogens (tertiary/aromatic N) is 1. The van der Waals surface area contributed by atoms with Crippen molar-refractivity contribution in [2.75, 3.05) is 6.61 Å². The largest absolute Gasteiger partial charge is 0.439 e. The highest BCUT2D eigenvalue weighted by Crippen LogP contribution is 2.19. The molecule has 1 aromatic heterocycles. The predicted octanol–water partition coefficient (Wildman–Crippen LogP) is 2.87. The number of aliphatic hydroxyl groups excluding tert-OH is 1. The van der Waals surface area contributed by atoms with E-state index >= 15 is 0 Å². The monoisotopic (exact) mass is 337 g/mol. The maximum atomic E-state index is 12.0. The van der Waals surface area contributed by atoms with Crippen molar-refractivity contribution in [3.05, 3.63) is 78.3 Å². The molecule has 3 aromatic rings. The molecule has 3 N–H and O–H groups in total. The Morgan fingerprint density at radius 1 is 1.08 bits per heavy atom. The van der Waals surface area contributed by atoms with E-state index in [1.165, 1.54) is 0 Å². The van der Waals surface area contributed by atoms with E-state index < -0.39 is 12.1 Å². The fraction of sp³-hybridized carbons (Fsp3) is 0.158. The molecule has 0 aliphatic rings. The number of hydrogen-bond acceptors (Lipinski definition) is 4. The summed E-state index contributed by atoms with van der Waals surface area (Å²) in [6, 6.07) is 18.0. The molecule has 1 atom stereocenters. The molecule has 0 bridgehead atoms. The van der Waals surface area contributed by atoms with Crippen molar-refractivity contribution >= 4 is 6.03 Å². The van der Waals surface area contributed by atoms with Gasteiger partial charge in [-0.3, -0.25) is 0 Å². The van der Waals surface area contributed by atoms with E-state index in [-0.39, 0.29) is 13.2 Å². The highest BCUT2D eigenvalue weighted by molar-refractivity contribution is 5.74. The van der Waals surface area contributed by atoms with Gasteiger partial charge in [0.15, 0.2) is 5.76 Å². The van der Waals surface area contributed by atoms with Crippen molar-refractivity contribution in [1.29, 1.82) is 0 Å². The van der Waals surface area contributed by atoms with Crippen molar-refractivity contribution in [3.63, 3.8) is 0 Å². The Kier molecular flexibility index (Phi) is 5.43. The predicted molar refractivity (Wildman–Crippen MR) is 93.6 cm³/mol. The number of aromatic nitrogens is 1. The quantitative estimate of drug-likeness (QED) is 0.645. The SMILES string of the molecule is O=C(NCc1ncc(-c2ccccc2)o1)N[C@H](CO)c1ccccc1. The Bertz CT molecular complexity index is 803. The van der Waals surface area contributed by atoms with E-state index in [0.717, 1.165) is 11.1 Å². The van der Waals surface area contributed by atoms with Crippen LogP contribution >= 0.6 is 0 Å². The van der Waals surface area contributed by atoms with Gasteiger partial charge in [0.05, 0.1) is 25.4 Å². The van der Waals surface area contributed by atoms with Crippen LogP contribution in [0.15, 0.2) is 71.3 Å². The average molecular weight is 337 g/mol. The van der Waals surface area contributed by atoms with Crippen LogP contribution in [0.5, 0.6) is 0 Å². The number of rotatable bonds is 6. The fourth-order valence-electron chi connectivity index (χ4n) is 2.41. The van der Waals surface area contributed by atoms with Crippen LogP contribution in [0.25, 0.3) is 11.3 Å². The summed E-state index contributed by atoms with van der Waals surface area (Å²) in [6.07, 6.45) is 1.63. The lowest BCUT2D eigenvalue weighted by Gasteiger charge is -2.16. The Morgan fingerprint density at radius 3 is 2.44 bits per heavy atom. The second-order valence-electron chi connectivity index (χ2n) is 5.46. The molecular formula is C19H19N3O3. The third-order valence-electron chi connectivity index (χ3n) is 3.70. The second-order valence-corrected chi connectivity index (χ2v) is 5.46. The van der Waals surface area contributed by atoms with Crippen LogP contribution in [0.2, 0.25) is 0 Å². The maximum absolute atomic E-state index is 12.0. The zero-order chi connectivity index (χ0) is 17.5. The Balaban J connectivity index is 1.55. The van der Waals surface area contributed by atoms with Crippen LogP contribution < -0.4 is 10.6 Å². The number of benzene rings is 2. The lowest BCUT2D eigenvalue weighted by Crippen LogP contribution is -2.38. The number of urea groups is 1. The number of aliphatic hydroxyl groups is 1. The number of nitrogens with one attached hydrogen (secondary N) is 2. The van der Waals surface area contributed by atoms with E-state index in [1.54, 1.807) is 6.20 Å². The molecule has 0 spiro atoms. The Labute approximate surface area is 145 Å². The maximum Gasteiger partial charge on any atom is 0.315 e. The van der Waals surface area contributed by atoms with E-state index in [4.69, 9.17) is 4.42 Å². The fourth-order valence-corrected chi connectivity index (χ4v) is 2.41. The molecule has 0 saturated heterocycles. The van der Waals surface area contributed by atoms with Crippen molar-refractivity contribution in [3.8, 4) is 11.3 Å². The number of oxazole rings is 1. The Hall–Kier alpha value is -3.12. The van der Waals surface area contributed by atoms with Crippen LogP contribution in [0.4, 0.5) is 4.79 Å². The molecule has 1 heterocycles. The van der Waals surface area contributed by atoms with E-state index in [0.29, 0.717) is 11.7 Å². The number of carbonyl (C=O) groups excluding carboxylic acids is 1. The molecule has 0 unspecified atom stereocenters. The molecular weight excluding hydrogens is 318 g/mol. The summed E-state index contributed by atoms with van der Waals surface area (Å²) in [5.41, 5.74) is 1.76. The second kappa shape index (κ2) is 8.12. The summed E-state index contributed by atoms with van der Waals surface area (Å²) < 4.78 is 5.63. The van der Waals surface area contributed by atoms with E-state index in [2.05, 4.69) is 15.6 Å². The first-order valence-corrected chi connectivity index (χ1v) is 7.96. The molecule has 2 aromatic carbocycles. The van der Waals surface area contributed by atoms with Gasteiger partial charge in [-0.05, 0) is 5.56 Å². The zero-order valence-electron chi connectivity index (χ0n) is 13.6. The van der Waals surface area contributed by atoms with Gasteiger partial charge in [-0.15, -0.1) is 0 Å². The van der Waals surface area contributed by atoms with Gasteiger partial charge in [0.25, 0.3) is 0 Å². The molecule has 6 nitrogen and oxygen atoms in total. The van der Waals surface area contributed by atoms with Gasteiger partial charge in [-0.1, -0.05) is 60.7 Å². The third kappa shape index (κ3) is 4.45. The van der Waals surface area contributed by atoms with Gasteiger partial charge in [0.1, 0.15) is 0 Å². The van der Waals surface area contributed by atoms with Crippen molar-refractivity contribution in [1.82, 2.24) is 15.6 Å². The first-order valence-electron chi connectivity index (χ1n) is 7.96. The summed E-state index contributed by atoms with van der Waals surface area (Å²) in [7, 11) is 0. The summed E-state index contributed by atoms with van der Waals surface area (Å²) in [5.74, 6) is 1.06. The Morgan fingerprint density at radius 2 is 1.76 bits per heavy atom. The van der Waals surface area contributed by atoms with Gasteiger partial charge < -0.3 is 20.2 Å². The molecule has 2 amide bonds. The molecule has 0 fully saturated rings. The van der Waals surface area contributed by atoms with Crippen molar-refractivity contribution in [2.24, 2.45) is 0 Å². The normalized spacial score (nSPS) is 11.7. The first-order chi connectivity index (χ1) is 12.3. The topological polar surface area (TPSA) is 87.4 Å². The lowest BCUT2D eigenvalue weighted by atomic mass is 10.1. The van der Waals surface area contributed by atoms with Crippen LogP contribution in [0.1, 0.15) is 17.5 Å². The van der Waals surface area contributed by atoms with Gasteiger partial charge in [0, 0.05) is 5.56 Å². The van der Waals surface area contributed by atoms with Crippen molar-refractivity contribution in [2.45, 2.75) is 12.6 Å². The molecule has 6 heteroatoms. The molecule has 0 saturated carbocycles. The van der Waals surface area contributed by atoms with Crippen LogP contribution in [-0.2, 0) is 6.54 Å². The zero-order valence-corrected chi connectivity index (χ0v) is 13.6. The molecule has 128 valence electrons. The van der Waals surface area contributed by atoms with Crippen molar-refractivity contribution < 1.29 is 14.3 Å². The molecule has 0 aliphatic heterocycles. The first kappa shape index (κ1) is 16.7. The smallest absolute Gasteiger partial charge is 0.315 e. The minimum atomic E-state index is -0.467. The molecule has 3 rings (SSSR count). The molecule has 0 radical (unpaired) electrons. The van der Waals surface area contributed by atoms with Gasteiger partial charge in [-0.2, -0.15) is 0 Å². The summed E-state index contributed by atoms with van der Waals surface area (Å²) in [6.45, 7) is -0.0276. The van der Waals surface area contributed by atoms with Gasteiger partial charge >= 0.3 is 6.03 Å². The molecule has 0 aliphatic carbocycles. The average Bonchev–Trinajstić information content (AvgIpc) is 3.15. The summed E-state index contributed by atoms with van der Waals surface area (Å²) in [4.78, 5) is 16.2. The van der Waals surface area contributed by atoms with Crippen LogP contribution in [0.3, 0.4) is 0 Å².